The van der Waals surface area contributed by atoms with Gasteiger partial charge in [-0.15, -0.1) is 0 Å². The van der Waals surface area contributed by atoms with Crippen LogP contribution < -0.4 is 10.1 Å². The minimum Gasteiger partial charge on any atom is -0.280 e. The van der Waals surface area contributed by atoms with E-state index in [1.165, 1.54) is 42.6 Å². The van der Waals surface area contributed by atoms with Crippen LogP contribution in [0.15, 0.2) is 82.8 Å². The van der Waals surface area contributed by atoms with Gasteiger partial charge in [0.25, 0.3) is 15.9 Å². The van der Waals surface area contributed by atoms with Crippen LogP contribution in [-0.4, -0.2) is 20.5 Å². The fourth-order valence-electron chi connectivity index (χ4n) is 2.43. The van der Waals surface area contributed by atoms with Crippen molar-refractivity contribution < 1.29 is 13.2 Å². The van der Waals surface area contributed by atoms with Gasteiger partial charge in [0.05, 0.1) is 11.1 Å². The molecule has 0 heterocycles. The maximum Gasteiger partial charge on any atom is 0.271 e. The molecule has 0 saturated heterocycles. The van der Waals surface area contributed by atoms with Gasteiger partial charge in [-0.25, -0.2) is 13.8 Å². The standard InChI is InChI=1S/C21H18ClN3O3S/c1-15-6-12-19(13-7-15)29(27,28)25-18-10-8-16(9-11-18)21(26)24-23-14-17-4-2-3-5-20(17)22/h2-14,25H,1H3,(H,24,26)/b23-14+. The number of halogens is 1. The highest BCUT2D eigenvalue weighted by atomic mass is 35.5. The molecule has 0 spiro atoms. The fraction of sp³-hybridized carbons (Fsp3) is 0.0476. The molecule has 0 radical (unpaired) electrons. The molecule has 3 aromatic carbocycles. The number of rotatable bonds is 6. The molecular weight excluding hydrogens is 410 g/mol. The number of carbonyl (C=O) groups excluding carboxylic acids is 1. The largest absolute Gasteiger partial charge is 0.280 e. The maximum absolute atomic E-state index is 12.4. The van der Waals surface area contributed by atoms with E-state index in [0.29, 0.717) is 21.8 Å². The van der Waals surface area contributed by atoms with Crippen molar-refractivity contribution in [1.29, 1.82) is 0 Å². The van der Waals surface area contributed by atoms with Gasteiger partial charge in [-0.1, -0.05) is 47.5 Å². The van der Waals surface area contributed by atoms with Crippen LogP contribution in [0.25, 0.3) is 0 Å². The van der Waals surface area contributed by atoms with E-state index in [2.05, 4.69) is 15.2 Å². The molecule has 3 rings (SSSR count). The SMILES string of the molecule is Cc1ccc(S(=O)(=O)Nc2ccc(C(=O)N/N=C/c3ccccc3Cl)cc2)cc1. The van der Waals surface area contributed by atoms with Gasteiger partial charge in [0, 0.05) is 21.8 Å². The molecule has 0 fully saturated rings. The van der Waals surface area contributed by atoms with Crippen LogP contribution in [0.1, 0.15) is 21.5 Å². The summed E-state index contributed by atoms with van der Waals surface area (Å²) in [6, 6.07) is 19.7. The fourth-order valence-corrected chi connectivity index (χ4v) is 3.67. The molecule has 0 aliphatic heterocycles. The highest BCUT2D eigenvalue weighted by Gasteiger charge is 2.14. The molecule has 0 aliphatic rings. The topological polar surface area (TPSA) is 87.6 Å². The van der Waals surface area contributed by atoms with Gasteiger partial charge < -0.3 is 0 Å². The number of hydrogen-bond acceptors (Lipinski definition) is 4. The molecule has 148 valence electrons. The second-order valence-electron chi connectivity index (χ2n) is 6.22. The number of anilines is 1. The number of amides is 1. The van der Waals surface area contributed by atoms with Crippen LogP contribution in [0.4, 0.5) is 5.69 Å². The molecule has 0 aromatic heterocycles. The van der Waals surface area contributed by atoms with Crippen molar-refractivity contribution in [1.82, 2.24) is 5.43 Å². The third-order valence-corrected chi connectivity index (χ3v) is 5.75. The molecular formula is C21H18ClN3O3S. The molecule has 0 bridgehead atoms. The Labute approximate surface area is 174 Å². The molecule has 2 N–H and O–H groups in total. The zero-order chi connectivity index (χ0) is 20.9. The first-order valence-electron chi connectivity index (χ1n) is 8.63. The molecule has 0 saturated carbocycles. The maximum atomic E-state index is 12.4. The Bertz CT molecular complexity index is 1140. The van der Waals surface area contributed by atoms with E-state index in [1.54, 1.807) is 30.3 Å². The summed E-state index contributed by atoms with van der Waals surface area (Å²) < 4.78 is 27.3. The summed E-state index contributed by atoms with van der Waals surface area (Å²) in [5.74, 6) is -0.429. The zero-order valence-electron chi connectivity index (χ0n) is 15.5. The lowest BCUT2D eigenvalue weighted by atomic mass is 10.2. The van der Waals surface area contributed by atoms with Crippen LogP contribution in [-0.2, 0) is 10.0 Å². The molecule has 0 unspecified atom stereocenters. The molecule has 29 heavy (non-hydrogen) atoms. The van der Waals surface area contributed by atoms with E-state index in [-0.39, 0.29) is 4.90 Å². The number of carbonyl (C=O) groups is 1. The lowest BCUT2D eigenvalue weighted by Crippen LogP contribution is -2.18. The zero-order valence-corrected chi connectivity index (χ0v) is 17.0. The lowest BCUT2D eigenvalue weighted by Gasteiger charge is -2.09. The number of hydrazone groups is 1. The van der Waals surface area contributed by atoms with E-state index < -0.39 is 15.9 Å². The Morgan fingerprint density at radius 1 is 0.966 bits per heavy atom. The van der Waals surface area contributed by atoms with Crippen molar-refractivity contribution in [2.75, 3.05) is 4.72 Å². The Morgan fingerprint density at radius 3 is 2.28 bits per heavy atom. The van der Waals surface area contributed by atoms with Gasteiger partial charge >= 0.3 is 0 Å². The second-order valence-corrected chi connectivity index (χ2v) is 8.31. The van der Waals surface area contributed by atoms with Crippen molar-refractivity contribution >= 4 is 39.4 Å². The predicted molar refractivity (Wildman–Crippen MR) is 115 cm³/mol. The number of aryl methyl sites for hydroxylation is 1. The van der Waals surface area contributed by atoms with E-state index in [1.807, 2.05) is 13.0 Å². The first-order chi connectivity index (χ1) is 13.8. The minimum atomic E-state index is -3.70. The monoisotopic (exact) mass is 427 g/mol. The first-order valence-corrected chi connectivity index (χ1v) is 10.5. The Hall–Kier alpha value is -3.16. The van der Waals surface area contributed by atoms with Crippen LogP contribution >= 0.6 is 11.6 Å². The van der Waals surface area contributed by atoms with Gasteiger partial charge in [-0.3, -0.25) is 9.52 Å². The van der Waals surface area contributed by atoms with Crippen molar-refractivity contribution in [3.8, 4) is 0 Å². The van der Waals surface area contributed by atoms with Crippen LogP contribution in [0.2, 0.25) is 5.02 Å². The van der Waals surface area contributed by atoms with Gasteiger partial charge in [0.15, 0.2) is 0 Å². The summed E-state index contributed by atoms with van der Waals surface area (Å²) >= 11 is 6.02. The summed E-state index contributed by atoms with van der Waals surface area (Å²) in [6.07, 6.45) is 1.45. The van der Waals surface area contributed by atoms with Gasteiger partial charge in [0.2, 0.25) is 0 Å². The molecule has 6 nitrogen and oxygen atoms in total. The second kappa shape index (κ2) is 8.89. The molecule has 0 aliphatic carbocycles. The van der Waals surface area contributed by atoms with Gasteiger partial charge in [-0.2, -0.15) is 5.10 Å². The lowest BCUT2D eigenvalue weighted by molar-refractivity contribution is 0.0955. The normalized spacial score (nSPS) is 11.4. The molecule has 0 atom stereocenters. The number of sulfonamides is 1. The van der Waals surface area contributed by atoms with Crippen molar-refractivity contribution in [3.05, 3.63) is 94.5 Å². The highest BCUT2D eigenvalue weighted by molar-refractivity contribution is 7.92. The van der Waals surface area contributed by atoms with Crippen molar-refractivity contribution in [2.24, 2.45) is 5.10 Å². The van der Waals surface area contributed by atoms with E-state index in [9.17, 15) is 13.2 Å². The minimum absolute atomic E-state index is 0.166. The quantitative estimate of drug-likeness (QED) is 0.456. The van der Waals surface area contributed by atoms with E-state index >= 15 is 0 Å². The highest BCUT2D eigenvalue weighted by Crippen LogP contribution is 2.17. The number of nitrogens with one attached hydrogen (secondary N) is 2. The van der Waals surface area contributed by atoms with Crippen molar-refractivity contribution in [2.45, 2.75) is 11.8 Å². The molecule has 8 heteroatoms. The summed E-state index contributed by atoms with van der Waals surface area (Å²) in [5, 5.41) is 4.41. The van der Waals surface area contributed by atoms with Gasteiger partial charge in [0.1, 0.15) is 0 Å². The smallest absolute Gasteiger partial charge is 0.271 e. The van der Waals surface area contributed by atoms with E-state index in [0.717, 1.165) is 5.56 Å². The summed E-state index contributed by atoms with van der Waals surface area (Å²) in [5.41, 5.74) is 4.73. The van der Waals surface area contributed by atoms with E-state index in [4.69, 9.17) is 11.6 Å². The Balaban J connectivity index is 1.64. The summed E-state index contributed by atoms with van der Waals surface area (Å²) in [4.78, 5) is 12.3. The number of nitrogens with zero attached hydrogens (tertiary/aromatic N) is 1. The Morgan fingerprint density at radius 2 is 1.62 bits per heavy atom. The third kappa shape index (κ3) is 5.43. The van der Waals surface area contributed by atoms with Gasteiger partial charge in [-0.05, 0) is 49.4 Å². The number of hydrogen-bond donors (Lipinski definition) is 2. The molecule has 3 aromatic rings. The average molecular weight is 428 g/mol. The first kappa shape index (κ1) is 20.6. The number of benzene rings is 3. The third-order valence-electron chi connectivity index (χ3n) is 4.01. The van der Waals surface area contributed by atoms with Crippen LogP contribution in [0.5, 0.6) is 0 Å². The molecule has 1 amide bonds. The van der Waals surface area contributed by atoms with Crippen LogP contribution in [0, 0.1) is 6.92 Å². The Kier molecular flexibility index (Phi) is 6.31. The predicted octanol–water partition coefficient (Wildman–Crippen LogP) is 4.21. The summed E-state index contributed by atoms with van der Waals surface area (Å²) in [7, 11) is -3.70. The summed E-state index contributed by atoms with van der Waals surface area (Å²) in [6.45, 7) is 1.88. The average Bonchev–Trinajstić information content (AvgIpc) is 2.70. The van der Waals surface area contributed by atoms with Crippen LogP contribution in [0.3, 0.4) is 0 Å². The van der Waals surface area contributed by atoms with Crippen molar-refractivity contribution in [3.63, 3.8) is 0 Å².